The van der Waals surface area contributed by atoms with E-state index in [0.29, 0.717) is 22.6 Å². The van der Waals surface area contributed by atoms with Crippen molar-refractivity contribution >= 4 is 29.2 Å². The molecule has 3 atom stereocenters. The zero-order valence-electron chi connectivity index (χ0n) is 19.3. The van der Waals surface area contributed by atoms with Gasteiger partial charge >= 0.3 is 6.03 Å². The van der Waals surface area contributed by atoms with Gasteiger partial charge in [0.15, 0.2) is 11.5 Å². The predicted molar refractivity (Wildman–Crippen MR) is 132 cm³/mol. The van der Waals surface area contributed by atoms with E-state index in [9.17, 15) is 4.79 Å². The first-order valence-corrected chi connectivity index (χ1v) is 12.0. The number of hydrogen-bond acceptors (Lipinski definition) is 4. The molecule has 178 valence electrons. The van der Waals surface area contributed by atoms with Gasteiger partial charge in [-0.25, -0.2) is 4.79 Å². The number of nitrogens with zero attached hydrogens (tertiary/aromatic N) is 1. The van der Waals surface area contributed by atoms with Gasteiger partial charge in [0.05, 0.1) is 14.2 Å². The Kier molecular flexibility index (Phi) is 7.27. The highest BCUT2D eigenvalue weighted by Crippen LogP contribution is 2.49. The third kappa shape index (κ3) is 4.88. The molecule has 1 aliphatic heterocycles. The molecule has 1 aliphatic carbocycles. The molecule has 2 amide bonds. The molecular formula is C25H31Cl2N3O3. The summed E-state index contributed by atoms with van der Waals surface area (Å²) in [7, 11) is 5.51. The number of methoxy groups -OCH3 is 2. The van der Waals surface area contributed by atoms with Crippen molar-refractivity contribution < 1.29 is 14.3 Å². The average molecular weight is 492 g/mol. The minimum Gasteiger partial charge on any atom is -0.493 e. The first-order valence-electron chi connectivity index (χ1n) is 11.3. The molecule has 2 aromatic rings. The molecule has 1 heterocycles. The number of nitrogens with one attached hydrogen (secondary N) is 2. The highest BCUT2D eigenvalue weighted by molar-refractivity contribution is 6.35. The molecule has 0 bridgehead atoms. The van der Waals surface area contributed by atoms with Gasteiger partial charge in [0.2, 0.25) is 0 Å². The summed E-state index contributed by atoms with van der Waals surface area (Å²) in [5.41, 5.74) is 2.18. The summed E-state index contributed by atoms with van der Waals surface area (Å²) in [5.74, 6) is 1.51. The number of urea groups is 1. The summed E-state index contributed by atoms with van der Waals surface area (Å²) in [4.78, 5) is 15.0. The maximum atomic E-state index is 12.6. The Morgan fingerprint density at radius 2 is 1.91 bits per heavy atom. The van der Waals surface area contributed by atoms with E-state index in [1.165, 1.54) is 5.56 Å². The number of ether oxygens (including phenoxy) is 2. The van der Waals surface area contributed by atoms with Crippen molar-refractivity contribution in [3.05, 3.63) is 57.6 Å². The summed E-state index contributed by atoms with van der Waals surface area (Å²) in [6, 6.07) is 11.9. The maximum Gasteiger partial charge on any atom is 0.315 e. The maximum absolute atomic E-state index is 12.6. The van der Waals surface area contributed by atoms with Crippen molar-refractivity contribution in [1.29, 1.82) is 0 Å². The van der Waals surface area contributed by atoms with Gasteiger partial charge in [0.25, 0.3) is 0 Å². The fourth-order valence-corrected chi connectivity index (χ4v) is 5.95. The number of fused-ring (bicyclic) bond motifs is 1. The van der Waals surface area contributed by atoms with Crippen LogP contribution in [-0.2, 0) is 12.0 Å². The summed E-state index contributed by atoms with van der Waals surface area (Å²) < 4.78 is 11.0. The van der Waals surface area contributed by atoms with Crippen LogP contribution < -0.4 is 20.1 Å². The Morgan fingerprint density at radius 3 is 2.64 bits per heavy atom. The number of rotatable bonds is 6. The molecule has 2 N–H and O–H groups in total. The van der Waals surface area contributed by atoms with Gasteiger partial charge in [-0.2, -0.15) is 0 Å². The largest absolute Gasteiger partial charge is 0.493 e. The lowest BCUT2D eigenvalue weighted by Crippen LogP contribution is -2.53. The molecule has 1 saturated heterocycles. The third-order valence-corrected chi connectivity index (χ3v) is 7.86. The number of likely N-dealkylation sites (tertiary alicyclic amines) is 1. The monoisotopic (exact) mass is 491 g/mol. The normalized spacial score (nSPS) is 24.8. The van der Waals surface area contributed by atoms with E-state index in [1.54, 1.807) is 26.4 Å². The molecule has 4 rings (SSSR count). The van der Waals surface area contributed by atoms with Gasteiger partial charge in [-0.05, 0) is 74.7 Å². The van der Waals surface area contributed by atoms with Crippen molar-refractivity contribution in [2.75, 3.05) is 27.8 Å². The fraction of sp³-hybridized carbons (Fsp3) is 0.480. The van der Waals surface area contributed by atoms with Crippen LogP contribution in [0, 0.1) is 0 Å². The first-order chi connectivity index (χ1) is 15.9. The van der Waals surface area contributed by atoms with Crippen LogP contribution in [0.15, 0.2) is 36.4 Å². The second-order valence-corrected chi connectivity index (χ2v) is 9.85. The van der Waals surface area contributed by atoms with Crippen LogP contribution in [0.1, 0.15) is 36.8 Å². The van der Waals surface area contributed by atoms with E-state index in [-0.39, 0.29) is 17.5 Å². The molecule has 2 aliphatic rings. The number of halogens is 2. The van der Waals surface area contributed by atoms with Crippen LogP contribution in [-0.4, -0.2) is 50.8 Å². The van der Waals surface area contributed by atoms with Crippen LogP contribution in [0.2, 0.25) is 10.0 Å². The average Bonchev–Trinajstić information content (AvgIpc) is 3.15. The lowest BCUT2D eigenvalue weighted by Gasteiger charge is -2.45. The van der Waals surface area contributed by atoms with Crippen molar-refractivity contribution in [1.82, 2.24) is 15.5 Å². The molecule has 1 saturated carbocycles. The Hall–Kier alpha value is -2.15. The molecule has 33 heavy (non-hydrogen) atoms. The number of amides is 2. The number of carbonyl (C=O) groups is 1. The van der Waals surface area contributed by atoms with Crippen molar-refractivity contribution in [3.63, 3.8) is 0 Å². The topological polar surface area (TPSA) is 62.8 Å². The van der Waals surface area contributed by atoms with Crippen LogP contribution >= 0.6 is 23.2 Å². The molecule has 6 nitrogen and oxygen atoms in total. The summed E-state index contributed by atoms with van der Waals surface area (Å²) in [6.07, 6.45) is 3.93. The molecule has 0 aromatic heterocycles. The Bertz CT molecular complexity index is 1020. The zero-order chi connectivity index (χ0) is 23.6. The van der Waals surface area contributed by atoms with Gasteiger partial charge in [0, 0.05) is 34.1 Å². The summed E-state index contributed by atoms with van der Waals surface area (Å²) >= 11 is 12.2. The van der Waals surface area contributed by atoms with E-state index in [2.05, 4.69) is 34.7 Å². The molecule has 2 aromatic carbocycles. The first kappa shape index (κ1) is 24.0. The standard InChI is InChI=1S/C25H31Cl2N3O3/c1-30-11-10-25(17-5-7-21(32-2)22(12-17)33-3)9-8-19(14-23(25)30)29-24(31)28-15-16-4-6-18(26)13-20(16)27/h4-7,12-13,19,23H,8-11,14-15H2,1-3H3,(H2,28,29,31). The highest BCUT2D eigenvalue weighted by Gasteiger charge is 2.50. The molecule has 3 unspecified atom stereocenters. The second kappa shape index (κ2) is 10.00. The van der Waals surface area contributed by atoms with E-state index < -0.39 is 0 Å². The third-order valence-electron chi connectivity index (χ3n) is 7.28. The zero-order valence-corrected chi connectivity index (χ0v) is 20.8. The van der Waals surface area contributed by atoms with Crippen LogP contribution in [0.3, 0.4) is 0 Å². The van der Waals surface area contributed by atoms with E-state index in [1.807, 2.05) is 12.1 Å². The number of likely N-dealkylation sites (N-methyl/N-ethyl adjacent to an activating group) is 1. The van der Waals surface area contributed by atoms with E-state index >= 15 is 0 Å². The van der Waals surface area contributed by atoms with Gasteiger partial charge in [-0.3, -0.25) is 0 Å². The number of hydrogen-bond donors (Lipinski definition) is 2. The minimum absolute atomic E-state index is 0.0553. The predicted octanol–water partition coefficient (Wildman–Crippen LogP) is 5.00. The van der Waals surface area contributed by atoms with Crippen LogP contribution in [0.25, 0.3) is 0 Å². The molecule has 0 radical (unpaired) electrons. The van der Waals surface area contributed by atoms with Crippen LogP contribution in [0.5, 0.6) is 11.5 Å². The van der Waals surface area contributed by atoms with Crippen molar-refractivity contribution in [3.8, 4) is 11.5 Å². The number of carbonyl (C=O) groups excluding carboxylic acids is 1. The summed E-state index contributed by atoms with van der Waals surface area (Å²) in [5, 5.41) is 7.22. The minimum atomic E-state index is -0.176. The van der Waals surface area contributed by atoms with E-state index in [4.69, 9.17) is 32.7 Å². The SMILES string of the molecule is COc1ccc(C23CCC(NC(=O)NCc4ccc(Cl)cc4Cl)CC2N(C)CC3)cc1OC. The number of benzene rings is 2. The second-order valence-electron chi connectivity index (χ2n) is 9.01. The van der Waals surface area contributed by atoms with E-state index in [0.717, 1.165) is 49.3 Å². The fourth-order valence-electron chi connectivity index (χ4n) is 5.47. The Morgan fingerprint density at radius 1 is 1.12 bits per heavy atom. The lowest BCUT2D eigenvalue weighted by molar-refractivity contribution is 0.154. The molecule has 8 heteroatoms. The summed E-state index contributed by atoms with van der Waals surface area (Å²) in [6.45, 7) is 1.39. The quantitative estimate of drug-likeness (QED) is 0.596. The van der Waals surface area contributed by atoms with Gasteiger partial charge in [-0.15, -0.1) is 0 Å². The molecule has 2 fully saturated rings. The van der Waals surface area contributed by atoms with Crippen molar-refractivity contribution in [2.45, 2.75) is 49.7 Å². The molecular weight excluding hydrogens is 461 g/mol. The van der Waals surface area contributed by atoms with Crippen molar-refractivity contribution in [2.24, 2.45) is 0 Å². The molecule has 0 spiro atoms. The smallest absolute Gasteiger partial charge is 0.315 e. The van der Waals surface area contributed by atoms with Gasteiger partial charge in [0.1, 0.15) is 0 Å². The van der Waals surface area contributed by atoms with Gasteiger partial charge in [-0.1, -0.05) is 35.3 Å². The Labute approximate surface area is 205 Å². The Balaban J connectivity index is 1.42. The van der Waals surface area contributed by atoms with Crippen LogP contribution in [0.4, 0.5) is 4.79 Å². The van der Waals surface area contributed by atoms with Gasteiger partial charge < -0.3 is 25.0 Å². The lowest BCUT2D eigenvalue weighted by atomic mass is 9.65. The highest BCUT2D eigenvalue weighted by atomic mass is 35.5.